The maximum atomic E-state index is 12.8. The molecule has 1 atom stereocenters. The fourth-order valence-corrected chi connectivity index (χ4v) is 8.86. The summed E-state index contributed by atoms with van der Waals surface area (Å²) in [5.74, 6) is -0.853. The number of rotatable bonds is 55. The van der Waals surface area contributed by atoms with Gasteiger partial charge < -0.3 is 14.2 Å². The molecule has 0 spiro atoms. The average Bonchev–Trinajstić information content (AvgIpc) is 3.34. The van der Waals surface area contributed by atoms with Crippen LogP contribution in [0.25, 0.3) is 0 Å². The second-order valence-electron chi connectivity index (χ2n) is 20.3. The fraction of sp³-hybridized carbons (Fsp3) is 0.855. The summed E-state index contributed by atoms with van der Waals surface area (Å²) in [6, 6.07) is 0. The molecule has 0 N–H and O–H groups in total. The molecule has 68 heavy (non-hydrogen) atoms. The number of hydrogen-bond acceptors (Lipinski definition) is 6. The monoisotopic (exact) mass is 955 g/mol. The van der Waals surface area contributed by atoms with Gasteiger partial charge in [-0.1, -0.05) is 282 Å². The molecule has 0 heterocycles. The van der Waals surface area contributed by atoms with Gasteiger partial charge in [0.2, 0.25) is 0 Å². The van der Waals surface area contributed by atoms with Gasteiger partial charge in [-0.2, -0.15) is 0 Å². The standard InChI is InChI=1S/C62H114O6/c1-4-7-10-13-16-19-22-24-25-26-27-28-29-30-31-32-33-34-35-36-37-39-40-43-46-49-52-55-61(64)67-58-59(57-66-60(63)54-51-48-45-42-21-18-15-12-9-6-3)68-62(65)56-53-50-47-44-41-38-23-20-17-14-11-8-5-2/h22,24,26-27,29-30,59H,4-21,23,25,28,31-58H2,1-3H3/b24-22-,27-26-,30-29-. The van der Waals surface area contributed by atoms with Crippen molar-refractivity contribution in [3.8, 4) is 0 Å². The van der Waals surface area contributed by atoms with Gasteiger partial charge in [0, 0.05) is 19.3 Å². The second-order valence-corrected chi connectivity index (χ2v) is 20.3. The van der Waals surface area contributed by atoms with Crippen LogP contribution in [0.5, 0.6) is 0 Å². The van der Waals surface area contributed by atoms with Crippen LogP contribution in [-0.2, 0) is 28.6 Å². The van der Waals surface area contributed by atoms with Crippen LogP contribution in [0.4, 0.5) is 0 Å². The van der Waals surface area contributed by atoms with E-state index in [9.17, 15) is 14.4 Å². The molecule has 0 aliphatic heterocycles. The Morgan fingerprint density at radius 1 is 0.294 bits per heavy atom. The van der Waals surface area contributed by atoms with Crippen molar-refractivity contribution in [1.29, 1.82) is 0 Å². The minimum Gasteiger partial charge on any atom is -0.462 e. The van der Waals surface area contributed by atoms with E-state index < -0.39 is 6.10 Å². The zero-order chi connectivity index (χ0) is 49.3. The van der Waals surface area contributed by atoms with Crippen molar-refractivity contribution in [1.82, 2.24) is 0 Å². The lowest BCUT2D eigenvalue weighted by Gasteiger charge is -2.18. The van der Waals surface area contributed by atoms with Gasteiger partial charge in [-0.05, 0) is 57.8 Å². The van der Waals surface area contributed by atoms with Crippen LogP contribution in [-0.4, -0.2) is 37.2 Å². The molecule has 0 aromatic carbocycles. The Kier molecular flexibility index (Phi) is 55.2. The summed E-state index contributed by atoms with van der Waals surface area (Å²) < 4.78 is 16.8. The second kappa shape index (κ2) is 57.2. The first-order valence-corrected chi connectivity index (χ1v) is 30.0. The number of unbranched alkanes of at least 4 members (excludes halogenated alkanes) is 38. The van der Waals surface area contributed by atoms with Crippen molar-refractivity contribution in [2.45, 2.75) is 329 Å². The van der Waals surface area contributed by atoms with Gasteiger partial charge in [0.05, 0.1) is 0 Å². The van der Waals surface area contributed by atoms with Gasteiger partial charge in [-0.15, -0.1) is 0 Å². The van der Waals surface area contributed by atoms with E-state index in [0.29, 0.717) is 19.3 Å². The number of carbonyl (C=O) groups excluding carboxylic acids is 3. The normalized spacial score (nSPS) is 12.2. The first kappa shape index (κ1) is 65.6. The van der Waals surface area contributed by atoms with Crippen LogP contribution in [0.3, 0.4) is 0 Å². The Bertz CT molecular complexity index is 1140. The number of ether oxygens (including phenoxy) is 3. The molecule has 398 valence electrons. The Morgan fingerprint density at radius 3 is 0.824 bits per heavy atom. The molecule has 0 fully saturated rings. The van der Waals surface area contributed by atoms with Crippen molar-refractivity contribution in [2.75, 3.05) is 13.2 Å². The molecule has 0 amide bonds. The summed E-state index contributed by atoms with van der Waals surface area (Å²) in [6.45, 7) is 6.65. The first-order chi connectivity index (χ1) is 33.5. The molecular weight excluding hydrogens is 841 g/mol. The third-order valence-electron chi connectivity index (χ3n) is 13.4. The highest BCUT2D eigenvalue weighted by molar-refractivity contribution is 5.71. The quantitative estimate of drug-likeness (QED) is 0.0262. The van der Waals surface area contributed by atoms with Crippen LogP contribution in [0.2, 0.25) is 0 Å². The SMILES string of the molecule is CCCCCCC/C=C\C/C=C\C/C=C\CCCCCCCCCCCCCCC(=O)OCC(COC(=O)CCCCCCCCCCCC)OC(=O)CCCCCCCCCCCCCCC. The molecular formula is C62H114O6. The predicted molar refractivity (Wildman–Crippen MR) is 293 cm³/mol. The predicted octanol–water partition coefficient (Wildman–Crippen LogP) is 20.0. The highest BCUT2D eigenvalue weighted by Crippen LogP contribution is 2.17. The van der Waals surface area contributed by atoms with Crippen LogP contribution in [0, 0.1) is 0 Å². The van der Waals surface area contributed by atoms with E-state index in [1.165, 1.54) is 212 Å². The molecule has 6 nitrogen and oxygen atoms in total. The van der Waals surface area contributed by atoms with Gasteiger partial charge >= 0.3 is 17.9 Å². The van der Waals surface area contributed by atoms with E-state index in [1.54, 1.807) is 0 Å². The molecule has 0 radical (unpaired) electrons. The minimum absolute atomic E-state index is 0.0673. The van der Waals surface area contributed by atoms with Crippen LogP contribution in [0.15, 0.2) is 36.5 Å². The van der Waals surface area contributed by atoms with Gasteiger partial charge in [-0.25, -0.2) is 0 Å². The van der Waals surface area contributed by atoms with Gasteiger partial charge in [0.1, 0.15) is 13.2 Å². The van der Waals surface area contributed by atoms with Crippen molar-refractivity contribution in [2.24, 2.45) is 0 Å². The number of esters is 3. The summed E-state index contributed by atoms with van der Waals surface area (Å²) in [6.07, 6.45) is 68.6. The molecule has 0 aromatic rings. The highest BCUT2D eigenvalue weighted by Gasteiger charge is 2.19. The van der Waals surface area contributed by atoms with Crippen molar-refractivity contribution < 1.29 is 28.6 Å². The molecule has 6 heteroatoms. The Hall–Kier alpha value is -2.37. The fourth-order valence-electron chi connectivity index (χ4n) is 8.86. The average molecular weight is 956 g/mol. The molecule has 0 aromatic heterocycles. The maximum absolute atomic E-state index is 12.8. The lowest BCUT2D eigenvalue weighted by molar-refractivity contribution is -0.167. The zero-order valence-electron chi connectivity index (χ0n) is 45.6. The largest absolute Gasteiger partial charge is 0.462 e. The Labute approximate surface area is 423 Å². The lowest BCUT2D eigenvalue weighted by atomic mass is 10.0. The maximum Gasteiger partial charge on any atom is 0.306 e. The Morgan fingerprint density at radius 2 is 0.529 bits per heavy atom. The van der Waals surface area contributed by atoms with E-state index in [1.807, 2.05) is 0 Å². The van der Waals surface area contributed by atoms with Gasteiger partial charge in [0.15, 0.2) is 6.10 Å². The number of hydrogen-bond donors (Lipinski definition) is 0. The van der Waals surface area contributed by atoms with E-state index in [0.717, 1.165) is 70.6 Å². The van der Waals surface area contributed by atoms with Crippen molar-refractivity contribution in [3.05, 3.63) is 36.5 Å². The van der Waals surface area contributed by atoms with Gasteiger partial charge in [0.25, 0.3) is 0 Å². The van der Waals surface area contributed by atoms with Crippen LogP contribution in [0.1, 0.15) is 323 Å². The summed E-state index contributed by atoms with van der Waals surface area (Å²) in [5, 5.41) is 0. The summed E-state index contributed by atoms with van der Waals surface area (Å²) in [4.78, 5) is 38.0. The Balaban J connectivity index is 4.15. The smallest absolute Gasteiger partial charge is 0.306 e. The van der Waals surface area contributed by atoms with E-state index in [2.05, 4.69) is 57.2 Å². The first-order valence-electron chi connectivity index (χ1n) is 30.0. The summed E-state index contributed by atoms with van der Waals surface area (Å²) >= 11 is 0. The third-order valence-corrected chi connectivity index (χ3v) is 13.4. The van der Waals surface area contributed by atoms with Gasteiger partial charge in [-0.3, -0.25) is 14.4 Å². The van der Waals surface area contributed by atoms with Crippen LogP contribution >= 0.6 is 0 Å². The molecule has 0 saturated heterocycles. The minimum atomic E-state index is -0.766. The van der Waals surface area contributed by atoms with Crippen molar-refractivity contribution >= 4 is 17.9 Å². The summed E-state index contributed by atoms with van der Waals surface area (Å²) in [5.41, 5.74) is 0. The molecule has 0 rings (SSSR count). The third kappa shape index (κ3) is 54.6. The topological polar surface area (TPSA) is 78.9 Å². The number of allylic oxidation sites excluding steroid dienone is 6. The molecule has 0 bridgehead atoms. The van der Waals surface area contributed by atoms with E-state index in [4.69, 9.17) is 14.2 Å². The highest BCUT2D eigenvalue weighted by atomic mass is 16.6. The lowest BCUT2D eigenvalue weighted by Crippen LogP contribution is -2.30. The summed E-state index contributed by atoms with van der Waals surface area (Å²) in [7, 11) is 0. The zero-order valence-corrected chi connectivity index (χ0v) is 45.6. The van der Waals surface area contributed by atoms with Crippen molar-refractivity contribution in [3.63, 3.8) is 0 Å². The van der Waals surface area contributed by atoms with E-state index >= 15 is 0 Å². The molecule has 0 aliphatic rings. The molecule has 0 aliphatic carbocycles. The number of carbonyl (C=O) groups is 3. The van der Waals surface area contributed by atoms with Crippen LogP contribution < -0.4 is 0 Å². The van der Waals surface area contributed by atoms with E-state index in [-0.39, 0.29) is 31.1 Å². The molecule has 1 unspecified atom stereocenters. The molecule has 0 saturated carbocycles.